The van der Waals surface area contributed by atoms with Crippen molar-refractivity contribution in [2.45, 2.75) is 5.60 Å². The summed E-state index contributed by atoms with van der Waals surface area (Å²) in [6, 6.07) is 18.8. The highest BCUT2D eigenvalue weighted by Gasteiger charge is 2.32. The van der Waals surface area contributed by atoms with Gasteiger partial charge >= 0.3 is 0 Å². The van der Waals surface area contributed by atoms with Gasteiger partial charge < -0.3 is 5.11 Å². The highest BCUT2D eigenvalue weighted by molar-refractivity contribution is 7.84. The lowest BCUT2D eigenvalue weighted by Crippen LogP contribution is -2.33. The Kier molecular flexibility index (Phi) is 3.94. The number of rotatable bonds is 4. The molecule has 3 heteroatoms. The van der Waals surface area contributed by atoms with E-state index in [1.807, 2.05) is 60.7 Å². The first-order chi connectivity index (χ1) is 8.63. The first-order valence-corrected chi connectivity index (χ1v) is 7.49. The van der Waals surface area contributed by atoms with Crippen molar-refractivity contribution in [3.05, 3.63) is 71.8 Å². The molecule has 0 fully saturated rings. The van der Waals surface area contributed by atoms with Gasteiger partial charge in [0.05, 0.1) is 5.75 Å². The molecule has 2 rings (SSSR count). The van der Waals surface area contributed by atoms with Gasteiger partial charge in [-0.15, -0.1) is 0 Å². The lowest BCUT2D eigenvalue weighted by Gasteiger charge is -2.28. The topological polar surface area (TPSA) is 37.3 Å². The van der Waals surface area contributed by atoms with Crippen molar-refractivity contribution in [2.75, 3.05) is 12.0 Å². The van der Waals surface area contributed by atoms with Crippen LogP contribution in [-0.2, 0) is 16.4 Å². The molecular weight excluding hydrogens is 244 g/mol. The van der Waals surface area contributed by atoms with Crippen LogP contribution in [0.3, 0.4) is 0 Å². The Morgan fingerprint density at radius 1 is 0.944 bits per heavy atom. The highest BCUT2D eigenvalue weighted by atomic mass is 32.2. The second kappa shape index (κ2) is 5.46. The van der Waals surface area contributed by atoms with E-state index in [4.69, 9.17) is 0 Å². The standard InChI is InChI=1S/C15H16O2S/c1-18(17)12-15(16,13-8-4-2-5-9-13)14-10-6-3-7-11-14/h2-11,16H,12H2,1H3/t18-/m1/s1. The van der Waals surface area contributed by atoms with Gasteiger partial charge in [0, 0.05) is 17.1 Å². The molecule has 1 atom stereocenters. The zero-order chi connectivity index (χ0) is 13.0. The maximum absolute atomic E-state index is 11.6. The molecule has 2 nitrogen and oxygen atoms in total. The average Bonchev–Trinajstić information content (AvgIpc) is 2.40. The summed E-state index contributed by atoms with van der Waals surface area (Å²) in [6.07, 6.45) is 1.61. The minimum atomic E-state index is -1.19. The largest absolute Gasteiger partial charge is 0.379 e. The minimum absolute atomic E-state index is 0.195. The SMILES string of the molecule is C[S@@](=O)CC(O)(c1ccccc1)c1ccccc1. The molecule has 0 aromatic heterocycles. The van der Waals surface area contributed by atoms with E-state index in [2.05, 4.69) is 0 Å². The predicted molar refractivity (Wildman–Crippen MR) is 74.8 cm³/mol. The van der Waals surface area contributed by atoms with Crippen molar-refractivity contribution >= 4 is 10.8 Å². The van der Waals surface area contributed by atoms with Crippen LogP contribution in [0.25, 0.3) is 0 Å². The average molecular weight is 260 g/mol. The molecule has 94 valence electrons. The number of aliphatic hydroxyl groups is 1. The fraction of sp³-hybridized carbons (Fsp3) is 0.200. The van der Waals surface area contributed by atoms with E-state index in [0.717, 1.165) is 11.1 Å². The Bertz CT molecular complexity index is 483. The number of benzene rings is 2. The normalized spacial score (nSPS) is 13.2. The summed E-state index contributed by atoms with van der Waals surface area (Å²) < 4.78 is 11.6. The van der Waals surface area contributed by atoms with Gasteiger partial charge in [0.2, 0.25) is 0 Å². The summed E-state index contributed by atoms with van der Waals surface area (Å²) in [5.74, 6) is 0.195. The molecule has 2 aromatic carbocycles. The second-order valence-electron chi connectivity index (χ2n) is 4.31. The summed E-state index contributed by atoms with van der Waals surface area (Å²) >= 11 is 0. The third-order valence-electron chi connectivity index (χ3n) is 2.91. The predicted octanol–water partition coefficient (Wildman–Crippen LogP) is 2.30. The van der Waals surface area contributed by atoms with E-state index in [-0.39, 0.29) is 5.75 Å². The maximum atomic E-state index is 11.6. The third kappa shape index (κ3) is 2.68. The van der Waals surface area contributed by atoms with Crippen molar-refractivity contribution in [1.29, 1.82) is 0 Å². The zero-order valence-electron chi connectivity index (χ0n) is 10.2. The van der Waals surface area contributed by atoms with Gasteiger partial charge in [-0.2, -0.15) is 0 Å². The summed E-state index contributed by atoms with van der Waals surface area (Å²) in [5, 5.41) is 10.9. The molecule has 0 saturated heterocycles. The van der Waals surface area contributed by atoms with E-state index >= 15 is 0 Å². The van der Waals surface area contributed by atoms with Crippen molar-refractivity contribution in [2.24, 2.45) is 0 Å². The smallest absolute Gasteiger partial charge is 0.126 e. The van der Waals surface area contributed by atoms with Gasteiger partial charge in [0.15, 0.2) is 0 Å². The van der Waals surface area contributed by atoms with E-state index < -0.39 is 16.4 Å². The van der Waals surface area contributed by atoms with Crippen molar-refractivity contribution in [1.82, 2.24) is 0 Å². The fourth-order valence-electron chi connectivity index (χ4n) is 2.06. The Morgan fingerprint density at radius 2 is 1.33 bits per heavy atom. The molecular formula is C15H16O2S. The van der Waals surface area contributed by atoms with Crippen LogP contribution in [-0.4, -0.2) is 21.3 Å². The molecule has 0 aliphatic heterocycles. The van der Waals surface area contributed by atoms with Crippen LogP contribution in [0.4, 0.5) is 0 Å². The van der Waals surface area contributed by atoms with Crippen LogP contribution in [0, 0.1) is 0 Å². The first kappa shape index (κ1) is 13.0. The van der Waals surface area contributed by atoms with Crippen LogP contribution in [0.2, 0.25) is 0 Å². The molecule has 18 heavy (non-hydrogen) atoms. The van der Waals surface area contributed by atoms with E-state index in [0.29, 0.717) is 0 Å². The first-order valence-electron chi connectivity index (χ1n) is 5.76. The Morgan fingerprint density at radius 3 is 1.67 bits per heavy atom. The molecule has 2 aromatic rings. The summed E-state index contributed by atoms with van der Waals surface area (Å²) in [5.41, 5.74) is 0.347. The van der Waals surface area contributed by atoms with E-state index in [9.17, 15) is 9.32 Å². The minimum Gasteiger partial charge on any atom is -0.379 e. The van der Waals surface area contributed by atoms with Crippen LogP contribution < -0.4 is 0 Å². The van der Waals surface area contributed by atoms with Gasteiger partial charge in [-0.3, -0.25) is 4.21 Å². The quantitative estimate of drug-likeness (QED) is 0.916. The van der Waals surface area contributed by atoms with Gasteiger partial charge in [0.25, 0.3) is 0 Å². The van der Waals surface area contributed by atoms with Crippen molar-refractivity contribution < 1.29 is 9.32 Å². The number of hydrogen-bond acceptors (Lipinski definition) is 2. The maximum Gasteiger partial charge on any atom is 0.126 e. The Hall–Kier alpha value is -1.45. The van der Waals surface area contributed by atoms with E-state index in [1.54, 1.807) is 6.26 Å². The van der Waals surface area contributed by atoms with Crippen molar-refractivity contribution in [3.63, 3.8) is 0 Å². The molecule has 0 unspecified atom stereocenters. The molecule has 1 N–H and O–H groups in total. The van der Waals surface area contributed by atoms with Crippen LogP contribution in [0.5, 0.6) is 0 Å². The van der Waals surface area contributed by atoms with E-state index in [1.165, 1.54) is 0 Å². The molecule has 0 aliphatic carbocycles. The third-order valence-corrected chi connectivity index (χ3v) is 3.74. The number of hydrogen-bond donors (Lipinski definition) is 1. The summed E-state index contributed by atoms with van der Waals surface area (Å²) in [7, 11) is -1.09. The van der Waals surface area contributed by atoms with Crippen LogP contribution >= 0.6 is 0 Å². The van der Waals surface area contributed by atoms with Gasteiger partial charge in [-0.05, 0) is 11.1 Å². The van der Waals surface area contributed by atoms with Crippen LogP contribution in [0.15, 0.2) is 60.7 Å². The van der Waals surface area contributed by atoms with Gasteiger partial charge in [-0.25, -0.2) is 0 Å². The fourth-order valence-corrected chi connectivity index (χ4v) is 2.98. The molecule has 0 heterocycles. The van der Waals surface area contributed by atoms with Crippen molar-refractivity contribution in [3.8, 4) is 0 Å². The lowest BCUT2D eigenvalue weighted by molar-refractivity contribution is 0.107. The Balaban J connectivity index is 2.51. The van der Waals surface area contributed by atoms with Gasteiger partial charge in [0.1, 0.15) is 5.60 Å². The lowest BCUT2D eigenvalue weighted by atomic mass is 9.88. The zero-order valence-corrected chi connectivity index (χ0v) is 11.1. The Labute approximate surface area is 110 Å². The second-order valence-corrected chi connectivity index (χ2v) is 5.74. The monoisotopic (exact) mass is 260 g/mol. The highest BCUT2D eigenvalue weighted by Crippen LogP contribution is 2.30. The van der Waals surface area contributed by atoms with Gasteiger partial charge in [-0.1, -0.05) is 60.7 Å². The molecule has 0 spiro atoms. The molecule has 0 saturated carbocycles. The summed E-state index contributed by atoms with van der Waals surface area (Å²) in [4.78, 5) is 0. The van der Waals surface area contributed by atoms with Crippen LogP contribution in [0.1, 0.15) is 11.1 Å². The summed E-state index contributed by atoms with van der Waals surface area (Å²) in [6.45, 7) is 0. The molecule has 0 radical (unpaired) electrons. The molecule has 0 amide bonds. The molecule has 0 aliphatic rings. The molecule has 0 bridgehead atoms.